The molecule has 0 spiro atoms. The van der Waals surface area contributed by atoms with E-state index in [0.29, 0.717) is 5.75 Å². The number of carbonyl (C=O) groups is 5. The number of alkyl halides is 3. The van der Waals surface area contributed by atoms with Crippen LogP contribution in [0.5, 0.6) is 0 Å². The van der Waals surface area contributed by atoms with Gasteiger partial charge in [-0.2, -0.15) is 13.2 Å². The van der Waals surface area contributed by atoms with E-state index in [1.165, 1.54) is 25.0 Å². The van der Waals surface area contributed by atoms with Crippen molar-refractivity contribution in [2.24, 2.45) is 5.73 Å². The predicted octanol–water partition coefficient (Wildman–Crippen LogP) is 0.854. The molecule has 0 aliphatic rings. The van der Waals surface area contributed by atoms with Crippen LogP contribution in [0.25, 0.3) is 0 Å². The fraction of sp³-hybridized carbons (Fsp3) is 0.722. The molecule has 11 nitrogen and oxygen atoms in total. The number of carboxylic acid groups (broad SMARTS) is 1. The van der Waals surface area contributed by atoms with Gasteiger partial charge in [-0.05, 0) is 6.42 Å². The first-order valence-electron chi connectivity index (χ1n) is 9.52. The first kappa shape index (κ1) is 34.0. The van der Waals surface area contributed by atoms with Gasteiger partial charge in [0.2, 0.25) is 11.8 Å². The van der Waals surface area contributed by atoms with E-state index >= 15 is 0 Å². The molecule has 16 heteroatoms. The van der Waals surface area contributed by atoms with E-state index in [2.05, 4.69) is 20.1 Å². The van der Waals surface area contributed by atoms with Gasteiger partial charge in [0.15, 0.2) is 0 Å². The maximum absolute atomic E-state index is 12.3. The summed E-state index contributed by atoms with van der Waals surface area (Å²) in [5, 5.41) is 12.2. The number of halogens is 3. The van der Waals surface area contributed by atoms with Crippen molar-refractivity contribution < 1.29 is 51.7 Å². The van der Waals surface area contributed by atoms with Crippen molar-refractivity contribution in [1.29, 1.82) is 0 Å². The normalized spacial score (nSPS) is 12.9. The van der Waals surface area contributed by atoms with Gasteiger partial charge in [-0.25, -0.2) is 4.79 Å². The zero-order valence-electron chi connectivity index (χ0n) is 19.3. The van der Waals surface area contributed by atoms with Crippen molar-refractivity contribution in [2.45, 2.75) is 56.6 Å². The molecule has 0 aromatic carbocycles. The monoisotopic (exact) mass is 537 g/mol. The van der Waals surface area contributed by atoms with Crippen molar-refractivity contribution >= 4 is 51.3 Å². The van der Waals surface area contributed by atoms with Crippen LogP contribution >= 0.6 is 21.6 Å². The minimum absolute atomic E-state index is 0.0188. The number of carbonyl (C=O) groups excluding carboxylic acids is 4. The Morgan fingerprint density at radius 3 is 2.00 bits per heavy atom. The van der Waals surface area contributed by atoms with Crippen LogP contribution in [0.4, 0.5) is 13.2 Å². The van der Waals surface area contributed by atoms with Crippen LogP contribution in [-0.4, -0.2) is 84.4 Å². The number of ether oxygens (including phenoxy) is 2. The first-order valence-corrected chi connectivity index (χ1v) is 11.8. The smallest absolute Gasteiger partial charge is 0.475 e. The number of esters is 2. The summed E-state index contributed by atoms with van der Waals surface area (Å²) >= 11 is 0. The predicted molar refractivity (Wildman–Crippen MR) is 120 cm³/mol. The Bertz CT molecular complexity index is 703. The average Bonchev–Trinajstić information content (AvgIpc) is 2.72. The fourth-order valence-corrected chi connectivity index (χ4v) is 4.10. The molecule has 2 amide bonds. The summed E-state index contributed by atoms with van der Waals surface area (Å²) < 4.78 is 40.7. The summed E-state index contributed by atoms with van der Waals surface area (Å²) in [6, 6.07) is -1.74. The Hall–Kier alpha value is -2.20. The molecule has 0 saturated heterocycles. The van der Waals surface area contributed by atoms with E-state index in [1.807, 2.05) is 20.8 Å². The molecule has 0 saturated carbocycles. The van der Waals surface area contributed by atoms with Gasteiger partial charge in [0.1, 0.15) is 18.6 Å². The van der Waals surface area contributed by atoms with E-state index in [1.54, 1.807) is 10.8 Å². The number of hydrogen-bond donors (Lipinski definition) is 4. The lowest BCUT2D eigenvalue weighted by Crippen LogP contribution is -2.49. The number of amides is 2. The van der Waals surface area contributed by atoms with Crippen molar-refractivity contribution in [3.8, 4) is 0 Å². The molecular weight excluding hydrogens is 507 g/mol. The zero-order valence-corrected chi connectivity index (χ0v) is 20.9. The summed E-state index contributed by atoms with van der Waals surface area (Å²) in [4.78, 5) is 55.8. The summed E-state index contributed by atoms with van der Waals surface area (Å²) in [5.74, 6) is -4.56. The molecule has 0 fully saturated rings. The third-order valence-corrected chi connectivity index (χ3v) is 6.61. The van der Waals surface area contributed by atoms with Crippen LogP contribution in [0.15, 0.2) is 0 Å². The van der Waals surface area contributed by atoms with E-state index in [9.17, 15) is 32.3 Å². The molecule has 0 radical (unpaired) electrons. The number of methoxy groups -OCH3 is 2. The maximum Gasteiger partial charge on any atom is 0.490 e. The highest BCUT2D eigenvalue weighted by Crippen LogP contribution is 2.35. The average molecular weight is 538 g/mol. The first-order chi connectivity index (χ1) is 15.4. The maximum atomic E-state index is 12.3. The Labute approximate surface area is 202 Å². The van der Waals surface area contributed by atoms with Gasteiger partial charge in [-0.1, -0.05) is 42.4 Å². The summed E-state index contributed by atoms with van der Waals surface area (Å²) in [5.41, 5.74) is 5.60. The van der Waals surface area contributed by atoms with Gasteiger partial charge in [0, 0.05) is 16.9 Å². The second-order valence-electron chi connectivity index (χ2n) is 7.37. The SMILES string of the molecule is COC(=O)CNC(=O)[C@H](CSSC(C)(C)C)NC(=O)CC[C@H](N)C(=O)OC.O=C(O)C(F)(F)F. The largest absolute Gasteiger partial charge is 0.490 e. The van der Waals surface area contributed by atoms with Crippen molar-refractivity contribution in [3.05, 3.63) is 0 Å². The van der Waals surface area contributed by atoms with Gasteiger partial charge in [-0.15, -0.1) is 0 Å². The summed E-state index contributed by atoms with van der Waals surface area (Å²) in [7, 11) is 5.44. The van der Waals surface area contributed by atoms with Crippen LogP contribution in [0.1, 0.15) is 33.6 Å². The molecule has 0 aliphatic carbocycles. The molecule has 0 bridgehead atoms. The zero-order chi connectivity index (χ0) is 27.1. The standard InChI is InChI=1S/C16H29N3O6S2.C2HF3O2/c1-16(2,3)27-26-9-11(14(22)18-8-13(21)24-4)19-12(20)7-6-10(17)15(23)25-5;3-2(4,5)1(6)7/h10-11H,6-9,17H2,1-5H3,(H,18,22)(H,19,20);(H,6,7)/t10-,11-;/m0./s1. The molecule has 0 aliphatic heterocycles. The molecule has 0 aromatic rings. The van der Waals surface area contributed by atoms with E-state index in [0.717, 1.165) is 0 Å². The Balaban J connectivity index is 0. The molecule has 0 unspecified atom stereocenters. The number of aliphatic carboxylic acids is 1. The van der Waals surface area contributed by atoms with Crippen molar-refractivity contribution in [1.82, 2.24) is 10.6 Å². The van der Waals surface area contributed by atoms with Crippen LogP contribution in [0, 0.1) is 0 Å². The number of hydrogen-bond acceptors (Lipinski definition) is 10. The highest BCUT2D eigenvalue weighted by atomic mass is 33.1. The highest BCUT2D eigenvalue weighted by molar-refractivity contribution is 8.77. The highest BCUT2D eigenvalue weighted by Gasteiger charge is 2.38. The minimum Gasteiger partial charge on any atom is -0.475 e. The van der Waals surface area contributed by atoms with E-state index in [4.69, 9.17) is 15.6 Å². The Morgan fingerprint density at radius 2 is 1.59 bits per heavy atom. The Kier molecular flexibility index (Phi) is 16.4. The molecule has 0 aromatic heterocycles. The lowest BCUT2D eigenvalue weighted by molar-refractivity contribution is -0.192. The van der Waals surface area contributed by atoms with Crippen LogP contribution in [0.2, 0.25) is 0 Å². The minimum atomic E-state index is -5.08. The molecule has 5 N–H and O–H groups in total. The van der Waals surface area contributed by atoms with Gasteiger partial charge >= 0.3 is 24.1 Å². The second kappa shape index (κ2) is 16.4. The Morgan fingerprint density at radius 1 is 1.06 bits per heavy atom. The lowest BCUT2D eigenvalue weighted by atomic mass is 10.1. The fourth-order valence-electron chi connectivity index (χ4n) is 1.64. The number of carboxylic acids is 1. The molecule has 198 valence electrons. The molecule has 0 heterocycles. The molecular formula is C18H30F3N3O8S2. The summed E-state index contributed by atoms with van der Waals surface area (Å²) in [6.45, 7) is 5.81. The van der Waals surface area contributed by atoms with Gasteiger partial charge in [0.25, 0.3) is 0 Å². The molecule has 34 heavy (non-hydrogen) atoms. The molecule has 2 atom stereocenters. The van der Waals surface area contributed by atoms with Crippen LogP contribution in [0.3, 0.4) is 0 Å². The van der Waals surface area contributed by atoms with Crippen LogP contribution < -0.4 is 16.4 Å². The number of nitrogens with two attached hydrogens (primary N) is 1. The third-order valence-electron chi connectivity index (χ3n) is 3.26. The van der Waals surface area contributed by atoms with E-state index in [-0.39, 0.29) is 24.1 Å². The lowest BCUT2D eigenvalue weighted by Gasteiger charge is -2.21. The van der Waals surface area contributed by atoms with Gasteiger partial charge in [0.05, 0.1) is 14.2 Å². The third kappa shape index (κ3) is 18.3. The second-order valence-corrected chi connectivity index (χ2v) is 10.5. The van der Waals surface area contributed by atoms with Crippen molar-refractivity contribution in [2.75, 3.05) is 26.5 Å². The van der Waals surface area contributed by atoms with Crippen LogP contribution in [-0.2, 0) is 33.4 Å². The van der Waals surface area contributed by atoms with Gasteiger partial charge < -0.3 is 30.9 Å². The quantitative estimate of drug-likeness (QED) is 0.217. The number of rotatable bonds is 11. The van der Waals surface area contributed by atoms with Crippen molar-refractivity contribution in [3.63, 3.8) is 0 Å². The van der Waals surface area contributed by atoms with Gasteiger partial charge in [-0.3, -0.25) is 19.2 Å². The summed E-state index contributed by atoms with van der Waals surface area (Å²) in [6.07, 6.45) is -5.02. The number of nitrogens with one attached hydrogen (secondary N) is 2. The topological polar surface area (TPSA) is 174 Å². The van der Waals surface area contributed by atoms with E-state index < -0.39 is 48.0 Å². The molecule has 0 rings (SSSR count).